The van der Waals surface area contributed by atoms with Crippen LogP contribution in [0.25, 0.3) is 0 Å². The van der Waals surface area contributed by atoms with Gasteiger partial charge in [0.05, 0.1) is 0 Å². The van der Waals surface area contributed by atoms with Crippen molar-refractivity contribution >= 4 is 17.9 Å². The van der Waals surface area contributed by atoms with E-state index < -0.39 is 12.2 Å². The molecule has 0 saturated carbocycles. The highest BCUT2D eigenvalue weighted by Gasteiger charge is 2.47. The number of imide groups is 1. The third kappa shape index (κ3) is 1.83. The Morgan fingerprint density at radius 3 is 2.58 bits per heavy atom. The minimum Gasteiger partial charge on any atom is -0.341 e. The Balaban J connectivity index is 1.81. The van der Waals surface area contributed by atoms with Crippen molar-refractivity contribution in [1.29, 1.82) is 0 Å². The van der Waals surface area contributed by atoms with Gasteiger partial charge >= 0.3 is 6.03 Å². The maximum Gasteiger partial charge on any atom is 0.328 e. The van der Waals surface area contributed by atoms with E-state index in [9.17, 15) is 9.59 Å². The van der Waals surface area contributed by atoms with Crippen LogP contribution in [0.4, 0.5) is 4.79 Å². The summed E-state index contributed by atoms with van der Waals surface area (Å²) < 4.78 is 0. The molecule has 3 heterocycles. The fourth-order valence-corrected chi connectivity index (χ4v) is 2.65. The Morgan fingerprint density at radius 1 is 1.21 bits per heavy atom. The highest BCUT2D eigenvalue weighted by atomic mass is 16.2. The third-order valence-corrected chi connectivity index (χ3v) is 3.84. The van der Waals surface area contributed by atoms with Gasteiger partial charge in [-0.05, 0) is 0 Å². The van der Waals surface area contributed by atoms with Gasteiger partial charge in [-0.25, -0.2) is 9.79 Å². The van der Waals surface area contributed by atoms with Crippen LogP contribution in [-0.4, -0.2) is 85.1 Å². The maximum atomic E-state index is 12.1. The highest BCUT2D eigenvalue weighted by molar-refractivity contribution is 6.03. The molecule has 0 bridgehead atoms. The number of urea groups is 1. The number of nitrogens with zero attached hydrogens (tertiary/aromatic N) is 4. The van der Waals surface area contributed by atoms with Crippen LogP contribution in [0.1, 0.15) is 0 Å². The zero-order chi connectivity index (χ0) is 13.6. The Morgan fingerprint density at radius 2 is 1.89 bits per heavy atom. The van der Waals surface area contributed by atoms with E-state index in [-0.39, 0.29) is 11.9 Å². The number of carbonyl (C=O) groups is 2. The van der Waals surface area contributed by atoms with Crippen molar-refractivity contribution in [2.24, 2.45) is 4.99 Å². The first-order valence-corrected chi connectivity index (χ1v) is 6.44. The van der Waals surface area contributed by atoms with E-state index in [1.54, 1.807) is 7.05 Å². The Labute approximate surface area is 111 Å². The third-order valence-electron chi connectivity index (χ3n) is 3.84. The Bertz CT molecular complexity index is 444. The molecule has 0 aromatic heterocycles. The highest BCUT2D eigenvalue weighted by Crippen LogP contribution is 2.21. The summed E-state index contributed by atoms with van der Waals surface area (Å²) in [6.07, 6.45) is -0.430. The number of likely N-dealkylation sites (N-methyl/N-ethyl adjacent to an activating group) is 2. The maximum absolute atomic E-state index is 12.1. The molecule has 8 nitrogen and oxygen atoms in total. The first-order valence-electron chi connectivity index (χ1n) is 6.44. The van der Waals surface area contributed by atoms with Gasteiger partial charge in [-0.1, -0.05) is 0 Å². The van der Waals surface area contributed by atoms with Crippen LogP contribution in [0.2, 0.25) is 0 Å². The van der Waals surface area contributed by atoms with Crippen LogP contribution in [0.3, 0.4) is 0 Å². The van der Waals surface area contributed by atoms with E-state index in [4.69, 9.17) is 0 Å². The van der Waals surface area contributed by atoms with Gasteiger partial charge in [0.15, 0.2) is 12.1 Å². The van der Waals surface area contributed by atoms with E-state index in [0.29, 0.717) is 0 Å². The van der Waals surface area contributed by atoms with E-state index in [1.807, 2.05) is 0 Å². The summed E-state index contributed by atoms with van der Waals surface area (Å²) in [7, 11) is 3.18. The predicted octanol–water partition coefficient (Wildman–Crippen LogP) is -1.93. The molecule has 2 atom stereocenters. The largest absolute Gasteiger partial charge is 0.341 e. The number of guanidine groups is 1. The second-order valence-corrected chi connectivity index (χ2v) is 5.02. The minimum atomic E-state index is -0.461. The van der Waals surface area contributed by atoms with E-state index in [0.717, 1.165) is 37.0 Å². The monoisotopic (exact) mass is 266 g/mol. The van der Waals surface area contributed by atoms with Crippen molar-refractivity contribution in [2.75, 3.05) is 40.3 Å². The van der Waals surface area contributed by atoms with Crippen molar-refractivity contribution in [2.45, 2.75) is 12.2 Å². The molecule has 0 aromatic carbocycles. The van der Waals surface area contributed by atoms with Gasteiger partial charge in [-0.3, -0.25) is 9.69 Å². The van der Waals surface area contributed by atoms with Crippen LogP contribution >= 0.6 is 0 Å². The number of aliphatic imine (C=N–C) groups is 1. The minimum absolute atomic E-state index is 0.220. The second kappa shape index (κ2) is 4.37. The molecule has 2 N–H and O–H groups in total. The zero-order valence-corrected chi connectivity index (χ0v) is 11.1. The summed E-state index contributed by atoms with van der Waals surface area (Å²) in [5.74, 6) is 0.502. The standard InChI is InChI=1S/C11H18N6O2/c1-15-8-7(9(18)16(2)11(15)19)13-10(14-8)17-5-3-12-4-6-17/h7-8,12H,3-6H2,1-2H3,(H,13,14)/t7-,8-/m1/s1. The summed E-state index contributed by atoms with van der Waals surface area (Å²) in [5.41, 5.74) is 0. The van der Waals surface area contributed by atoms with Crippen molar-refractivity contribution in [3.63, 3.8) is 0 Å². The first kappa shape index (κ1) is 12.2. The molecule has 3 amide bonds. The number of rotatable bonds is 0. The molecule has 2 fully saturated rings. The molecule has 0 unspecified atom stereocenters. The number of hydrogen-bond donors (Lipinski definition) is 2. The predicted molar refractivity (Wildman–Crippen MR) is 68.5 cm³/mol. The van der Waals surface area contributed by atoms with Crippen molar-refractivity contribution in [3.8, 4) is 0 Å². The molecule has 0 radical (unpaired) electrons. The number of piperazine rings is 1. The van der Waals surface area contributed by atoms with Crippen molar-refractivity contribution < 1.29 is 9.59 Å². The molecule has 2 saturated heterocycles. The molecular weight excluding hydrogens is 248 g/mol. The van der Waals surface area contributed by atoms with E-state index in [1.165, 1.54) is 11.9 Å². The lowest BCUT2D eigenvalue weighted by atomic mass is 10.1. The number of fused-ring (bicyclic) bond motifs is 1. The average molecular weight is 266 g/mol. The lowest BCUT2D eigenvalue weighted by Crippen LogP contribution is -2.63. The van der Waals surface area contributed by atoms with Crippen LogP contribution in [-0.2, 0) is 4.79 Å². The Kier molecular flexibility index (Phi) is 2.81. The summed E-state index contributed by atoms with van der Waals surface area (Å²) in [6.45, 7) is 3.51. The van der Waals surface area contributed by atoms with Crippen LogP contribution in [0.15, 0.2) is 4.99 Å². The molecule has 104 valence electrons. The van der Waals surface area contributed by atoms with E-state index >= 15 is 0 Å². The van der Waals surface area contributed by atoms with Gasteiger partial charge in [-0.15, -0.1) is 0 Å². The summed E-state index contributed by atoms with van der Waals surface area (Å²) >= 11 is 0. The molecule has 0 aliphatic carbocycles. The molecule has 0 spiro atoms. The molecule has 3 aliphatic rings. The van der Waals surface area contributed by atoms with E-state index in [2.05, 4.69) is 20.5 Å². The molecule has 3 rings (SSSR count). The number of nitrogens with one attached hydrogen (secondary N) is 2. The smallest absolute Gasteiger partial charge is 0.328 e. The zero-order valence-electron chi connectivity index (χ0n) is 11.1. The molecule has 0 aromatic rings. The van der Waals surface area contributed by atoms with Gasteiger partial charge < -0.3 is 20.4 Å². The molecular formula is C11H18N6O2. The normalized spacial score (nSPS) is 31.3. The van der Waals surface area contributed by atoms with Gasteiger partial charge in [0, 0.05) is 40.3 Å². The molecule has 8 heteroatoms. The average Bonchev–Trinajstić information content (AvgIpc) is 2.89. The Hall–Kier alpha value is -1.83. The number of amides is 3. The molecule has 19 heavy (non-hydrogen) atoms. The summed E-state index contributed by atoms with van der Waals surface area (Å²) in [5, 5.41) is 6.43. The first-order chi connectivity index (χ1) is 9.09. The van der Waals surface area contributed by atoms with Gasteiger partial charge in [0.2, 0.25) is 0 Å². The topological polar surface area (TPSA) is 80.3 Å². The fourth-order valence-electron chi connectivity index (χ4n) is 2.65. The van der Waals surface area contributed by atoms with Gasteiger partial charge in [-0.2, -0.15) is 0 Å². The SMILES string of the molecule is CN1C(=O)[C@@H]2NC(N3CCNCC3)=N[C@@H]2N(C)C1=O. The van der Waals surface area contributed by atoms with Crippen molar-refractivity contribution in [1.82, 2.24) is 25.3 Å². The van der Waals surface area contributed by atoms with Gasteiger partial charge in [0.1, 0.15) is 6.04 Å². The second-order valence-electron chi connectivity index (χ2n) is 5.02. The van der Waals surface area contributed by atoms with Crippen molar-refractivity contribution in [3.05, 3.63) is 0 Å². The van der Waals surface area contributed by atoms with Crippen LogP contribution < -0.4 is 10.6 Å². The summed E-state index contributed by atoms with van der Waals surface area (Å²) in [6, 6.07) is -0.768. The number of hydrogen-bond acceptors (Lipinski definition) is 6. The quantitative estimate of drug-likeness (QED) is 0.534. The lowest BCUT2D eigenvalue weighted by molar-refractivity contribution is -0.133. The van der Waals surface area contributed by atoms with Crippen LogP contribution in [0.5, 0.6) is 0 Å². The lowest BCUT2D eigenvalue weighted by Gasteiger charge is -2.36. The fraction of sp³-hybridized carbons (Fsp3) is 0.727. The van der Waals surface area contributed by atoms with Gasteiger partial charge in [0.25, 0.3) is 5.91 Å². The van der Waals surface area contributed by atoms with Crippen LogP contribution in [0, 0.1) is 0 Å². The molecule has 3 aliphatic heterocycles. The summed E-state index contributed by atoms with van der Waals surface area (Å²) in [4.78, 5) is 33.2. The number of carbonyl (C=O) groups excluding carboxylic acids is 2.